The molecule has 0 saturated carbocycles. The molecule has 76 valence electrons. The largest absolute Gasteiger partial charge is 0.390 e. The van der Waals surface area contributed by atoms with Gasteiger partial charge in [0, 0.05) is 20.1 Å². The monoisotopic (exact) mass is 186 g/mol. The van der Waals surface area contributed by atoms with Crippen LogP contribution < -0.4 is 5.32 Å². The molecule has 0 spiro atoms. The van der Waals surface area contributed by atoms with Crippen molar-refractivity contribution in [1.82, 2.24) is 10.2 Å². The Kier molecular flexibility index (Phi) is 3.27. The van der Waals surface area contributed by atoms with Gasteiger partial charge in [-0.2, -0.15) is 0 Å². The van der Waals surface area contributed by atoms with Crippen LogP contribution in [0.25, 0.3) is 0 Å². The van der Waals surface area contributed by atoms with Gasteiger partial charge in [0.15, 0.2) is 0 Å². The highest BCUT2D eigenvalue weighted by atomic mass is 16.3. The molecule has 13 heavy (non-hydrogen) atoms. The van der Waals surface area contributed by atoms with E-state index < -0.39 is 5.60 Å². The Morgan fingerprint density at radius 1 is 1.54 bits per heavy atom. The quantitative estimate of drug-likeness (QED) is 0.616. The molecule has 1 aliphatic rings. The average Bonchev–Trinajstić information content (AvgIpc) is 2.08. The molecule has 1 rings (SSSR count). The van der Waals surface area contributed by atoms with Gasteiger partial charge in [0.1, 0.15) is 0 Å². The second kappa shape index (κ2) is 4.07. The summed E-state index contributed by atoms with van der Waals surface area (Å²) < 4.78 is 0. The fraction of sp³-hybridized carbons (Fsp3) is 0.889. The van der Waals surface area contributed by atoms with Crippen molar-refractivity contribution in [2.24, 2.45) is 0 Å². The Bertz CT molecular complexity index is 182. The maximum Gasteiger partial charge on any atom is 0.233 e. The van der Waals surface area contributed by atoms with Gasteiger partial charge in [-0.1, -0.05) is 0 Å². The van der Waals surface area contributed by atoms with Gasteiger partial charge in [0.2, 0.25) is 5.91 Å². The van der Waals surface area contributed by atoms with Crippen molar-refractivity contribution < 1.29 is 9.90 Å². The molecule has 0 atom stereocenters. The number of nitrogens with one attached hydrogen (secondary N) is 1. The second-order valence-corrected chi connectivity index (χ2v) is 3.95. The fourth-order valence-electron chi connectivity index (χ4n) is 1.48. The van der Waals surface area contributed by atoms with E-state index in [1.807, 2.05) is 6.92 Å². The van der Waals surface area contributed by atoms with Gasteiger partial charge in [-0.05, 0) is 19.8 Å². The van der Waals surface area contributed by atoms with Crippen LogP contribution >= 0.6 is 0 Å². The number of hydrogen-bond donors (Lipinski definition) is 2. The van der Waals surface area contributed by atoms with Gasteiger partial charge in [-0.3, -0.25) is 9.69 Å². The summed E-state index contributed by atoms with van der Waals surface area (Å²) in [5.74, 6) is 0.0431. The molecule has 2 N–H and O–H groups in total. The Morgan fingerprint density at radius 3 is 2.54 bits per heavy atom. The van der Waals surface area contributed by atoms with Crippen LogP contribution in [0.3, 0.4) is 0 Å². The number of likely N-dealkylation sites (tertiary alicyclic amines) is 1. The molecular weight excluding hydrogens is 168 g/mol. The third-order valence-electron chi connectivity index (χ3n) is 2.58. The van der Waals surface area contributed by atoms with Crippen molar-refractivity contribution in [2.45, 2.75) is 25.4 Å². The first-order valence-electron chi connectivity index (χ1n) is 4.69. The predicted octanol–water partition coefficient (Wildman–Crippen LogP) is -0.421. The van der Waals surface area contributed by atoms with E-state index in [0.717, 1.165) is 25.9 Å². The summed E-state index contributed by atoms with van der Waals surface area (Å²) in [6.45, 7) is 3.91. The minimum atomic E-state index is -0.529. The standard InChI is InChI=1S/C9H18N2O2/c1-9(13)3-5-11(6-4-9)7-8(12)10-2/h13H,3-7H2,1-2H3,(H,10,12). The van der Waals surface area contributed by atoms with Crippen LogP contribution in [-0.4, -0.2) is 48.2 Å². The zero-order valence-corrected chi connectivity index (χ0v) is 8.34. The number of rotatable bonds is 2. The Balaban J connectivity index is 2.29. The van der Waals surface area contributed by atoms with Crippen LogP contribution in [0.4, 0.5) is 0 Å². The summed E-state index contributed by atoms with van der Waals surface area (Å²) in [6.07, 6.45) is 1.51. The highest BCUT2D eigenvalue weighted by Crippen LogP contribution is 2.20. The number of piperidine rings is 1. The molecule has 1 saturated heterocycles. The van der Waals surface area contributed by atoms with Crippen molar-refractivity contribution in [3.05, 3.63) is 0 Å². The van der Waals surface area contributed by atoms with Crippen LogP contribution in [0.15, 0.2) is 0 Å². The highest BCUT2D eigenvalue weighted by Gasteiger charge is 2.27. The van der Waals surface area contributed by atoms with E-state index in [1.165, 1.54) is 0 Å². The zero-order valence-electron chi connectivity index (χ0n) is 8.34. The molecule has 0 aliphatic carbocycles. The van der Waals surface area contributed by atoms with Gasteiger partial charge < -0.3 is 10.4 Å². The molecule has 4 nitrogen and oxygen atoms in total. The van der Waals surface area contributed by atoms with Gasteiger partial charge in [0.25, 0.3) is 0 Å². The summed E-state index contributed by atoms with van der Waals surface area (Å²) in [5.41, 5.74) is -0.529. The molecule has 0 radical (unpaired) electrons. The molecule has 1 aliphatic heterocycles. The molecule has 1 heterocycles. The number of amides is 1. The molecular formula is C9H18N2O2. The van der Waals surface area contributed by atoms with E-state index in [4.69, 9.17) is 0 Å². The third-order valence-corrected chi connectivity index (χ3v) is 2.58. The molecule has 0 aromatic rings. The zero-order chi connectivity index (χ0) is 9.90. The van der Waals surface area contributed by atoms with E-state index in [1.54, 1.807) is 7.05 Å². The number of hydrogen-bond acceptors (Lipinski definition) is 3. The van der Waals surface area contributed by atoms with Crippen LogP contribution in [0.2, 0.25) is 0 Å². The minimum absolute atomic E-state index is 0.0431. The van der Waals surface area contributed by atoms with Gasteiger partial charge >= 0.3 is 0 Å². The first kappa shape index (κ1) is 10.5. The van der Waals surface area contributed by atoms with Gasteiger partial charge in [0.05, 0.1) is 12.1 Å². The van der Waals surface area contributed by atoms with Crippen molar-refractivity contribution >= 4 is 5.91 Å². The maximum atomic E-state index is 11.0. The molecule has 1 fully saturated rings. The number of nitrogens with zero attached hydrogens (tertiary/aromatic N) is 1. The summed E-state index contributed by atoms with van der Waals surface area (Å²) in [6, 6.07) is 0. The van der Waals surface area contributed by atoms with Crippen LogP contribution in [0, 0.1) is 0 Å². The highest BCUT2D eigenvalue weighted by molar-refractivity contribution is 5.77. The summed E-state index contributed by atoms with van der Waals surface area (Å²) >= 11 is 0. The molecule has 0 aromatic carbocycles. The lowest BCUT2D eigenvalue weighted by molar-refractivity contribution is -0.122. The average molecular weight is 186 g/mol. The Labute approximate surface area is 78.9 Å². The molecule has 0 aromatic heterocycles. The lowest BCUT2D eigenvalue weighted by Gasteiger charge is -2.35. The first-order chi connectivity index (χ1) is 6.03. The lowest BCUT2D eigenvalue weighted by Crippen LogP contribution is -2.45. The summed E-state index contributed by atoms with van der Waals surface area (Å²) in [4.78, 5) is 13.1. The summed E-state index contributed by atoms with van der Waals surface area (Å²) in [5, 5.41) is 12.2. The van der Waals surface area contributed by atoms with E-state index in [2.05, 4.69) is 10.2 Å². The minimum Gasteiger partial charge on any atom is -0.390 e. The van der Waals surface area contributed by atoms with Crippen LogP contribution in [0.1, 0.15) is 19.8 Å². The number of aliphatic hydroxyl groups is 1. The number of carbonyl (C=O) groups is 1. The Morgan fingerprint density at radius 2 is 2.08 bits per heavy atom. The van der Waals surface area contributed by atoms with E-state index >= 15 is 0 Å². The normalized spacial score (nSPS) is 22.7. The summed E-state index contributed by atoms with van der Waals surface area (Å²) in [7, 11) is 1.64. The van der Waals surface area contributed by atoms with Crippen LogP contribution in [-0.2, 0) is 4.79 Å². The molecule has 1 amide bonds. The van der Waals surface area contributed by atoms with Crippen LogP contribution in [0.5, 0.6) is 0 Å². The first-order valence-corrected chi connectivity index (χ1v) is 4.69. The molecule has 0 unspecified atom stereocenters. The van der Waals surface area contributed by atoms with Gasteiger partial charge in [-0.25, -0.2) is 0 Å². The van der Waals surface area contributed by atoms with E-state index in [-0.39, 0.29) is 5.91 Å². The van der Waals surface area contributed by atoms with Crippen molar-refractivity contribution in [3.8, 4) is 0 Å². The topological polar surface area (TPSA) is 52.6 Å². The number of carbonyl (C=O) groups excluding carboxylic acids is 1. The lowest BCUT2D eigenvalue weighted by atomic mass is 9.94. The molecule has 0 bridgehead atoms. The SMILES string of the molecule is CNC(=O)CN1CCC(C)(O)CC1. The van der Waals surface area contributed by atoms with E-state index in [0.29, 0.717) is 6.54 Å². The third kappa shape index (κ3) is 3.32. The smallest absolute Gasteiger partial charge is 0.233 e. The van der Waals surface area contributed by atoms with Crippen molar-refractivity contribution in [3.63, 3.8) is 0 Å². The van der Waals surface area contributed by atoms with Gasteiger partial charge in [-0.15, -0.1) is 0 Å². The fourth-order valence-corrected chi connectivity index (χ4v) is 1.48. The maximum absolute atomic E-state index is 11.0. The molecule has 4 heteroatoms. The van der Waals surface area contributed by atoms with E-state index in [9.17, 15) is 9.90 Å². The van der Waals surface area contributed by atoms with Crippen molar-refractivity contribution in [2.75, 3.05) is 26.7 Å². The second-order valence-electron chi connectivity index (χ2n) is 3.95. The predicted molar refractivity (Wildman–Crippen MR) is 50.4 cm³/mol. The van der Waals surface area contributed by atoms with Crippen molar-refractivity contribution in [1.29, 1.82) is 0 Å². The Hall–Kier alpha value is -0.610. The number of likely N-dealkylation sites (N-methyl/N-ethyl adjacent to an activating group) is 1.